The molecule has 1 aromatic rings. The maximum absolute atomic E-state index is 13.1. The highest BCUT2D eigenvalue weighted by Gasteiger charge is 2.19. The molecule has 2 N–H and O–H groups in total. The van der Waals surface area contributed by atoms with E-state index in [2.05, 4.69) is 22.9 Å². The quantitative estimate of drug-likeness (QED) is 0.480. The molecule has 0 heterocycles. The van der Waals surface area contributed by atoms with Gasteiger partial charge in [0.1, 0.15) is 5.69 Å². The van der Waals surface area contributed by atoms with Crippen LogP contribution in [0.1, 0.15) is 6.92 Å². The lowest BCUT2D eigenvalue weighted by Gasteiger charge is -2.11. The summed E-state index contributed by atoms with van der Waals surface area (Å²) in [7, 11) is 0. The second-order valence-corrected chi connectivity index (χ2v) is 3.24. The van der Waals surface area contributed by atoms with Crippen LogP contribution in [0, 0.1) is 23.3 Å². The van der Waals surface area contributed by atoms with Crippen LogP contribution in [0.25, 0.3) is 0 Å². The Morgan fingerprint density at radius 2 is 1.69 bits per heavy atom. The van der Waals surface area contributed by atoms with E-state index in [1.54, 1.807) is 6.92 Å². The van der Waals surface area contributed by atoms with E-state index in [1.807, 2.05) is 0 Å². The highest BCUT2D eigenvalue weighted by atomic mass is 32.1. The van der Waals surface area contributed by atoms with Gasteiger partial charge in [-0.05, 0) is 19.1 Å². The molecule has 0 aliphatic carbocycles. The molecule has 0 radical (unpaired) electrons. The molecule has 0 spiro atoms. The minimum atomic E-state index is -1.51. The normalized spacial score (nSPS) is 10.1. The lowest BCUT2D eigenvalue weighted by Crippen LogP contribution is -2.29. The number of hydrogen-bond acceptors (Lipinski definition) is 1. The van der Waals surface area contributed by atoms with E-state index in [9.17, 15) is 17.6 Å². The van der Waals surface area contributed by atoms with E-state index in [1.165, 1.54) is 0 Å². The van der Waals surface area contributed by atoms with Gasteiger partial charge in [0.15, 0.2) is 28.4 Å². The molecular formula is C9H8F4N2S. The van der Waals surface area contributed by atoms with Gasteiger partial charge in [0, 0.05) is 12.6 Å². The minimum absolute atomic E-state index is 0.120. The third kappa shape index (κ3) is 2.60. The Morgan fingerprint density at radius 1 is 1.19 bits per heavy atom. The molecule has 1 rings (SSSR count). The molecule has 0 saturated heterocycles. The highest BCUT2D eigenvalue weighted by molar-refractivity contribution is 7.80. The van der Waals surface area contributed by atoms with Gasteiger partial charge in [-0.3, -0.25) is 0 Å². The van der Waals surface area contributed by atoms with Gasteiger partial charge in [-0.2, -0.15) is 0 Å². The largest absolute Gasteiger partial charge is 0.363 e. The Balaban J connectivity index is 3.07. The summed E-state index contributed by atoms with van der Waals surface area (Å²) in [5.41, 5.74) is -0.941. The summed E-state index contributed by atoms with van der Waals surface area (Å²) in [4.78, 5) is 0. The predicted molar refractivity (Wildman–Crippen MR) is 56.2 cm³/mol. The second-order valence-electron chi connectivity index (χ2n) is 2.83. The van der Waals surface area contributed by atoms with Gasteiger partial charge in [0.05, 0.1) is 0 Å². The summed E-state index contributed by atoms with van der Waals surface area (Å²) in [6, 6.07) is 0.131. The van der Waals surface area contributed by atoms with Gasteiger partial charge in [-0.1, -0.05) is 0 Å². The summed E-state index contributed by atoms with van der Waals surface area (Å²) in [6.07, 6.45) is 0. The zero-order valence-corrected chi connectivity index (χ0v) is 9.02. The summed E-state index contributed by atoms with van der Waals surface area (Å²) in [5, 5.41) is 4.46. The van der Waals surface area contributed by atoms with Crippen molar-refractivity contribution in [2.75, 3.05) is 11.9 Å². The van der Waals surface area contributed by atoms with E-state index < -0.39 is 29.0 Å². The average Bonchev–Trinajstić information content (AvgIpc) is 2.22. The fraction of sp³-hybridized carbons (Fsp3) is 0.222. The maximum Gasteiger partial charge on any atom is 0.185 e. The summed E-state index contributed by atoms with van der Waals surface area (Å²) < 4.78 is 51.8. The molecule has 0 aliphatic heterocycles. The third-order valence-electron chi connectivity index (χ3n) is 1.69. The molecule has 88 valence electrons. The molecule has 0 aromatic heterocycles. The molecule has 0 aliphatic rings. The summed E-state index contributed by atoms with van der Waals surface area (Å²) >= 11 is 4.64. The molecule has 0 bridgehead atoms. The first-order valence-electron chi connectivity index (χ1n) is 4.35. The van der Waals surface area contributed by atoms with Crippen molar-refractivity contribution in [2.24, 2.45) is 0 Å². The van der Waals surface area contributed by atoms with Crippen LogP contribution in [0.3, 0.4) is 0 Å². The van der Waals surface area contributed by atoms with E-state index in [4.69, 9.17) is 0 Å². The number of thiocarbonyl (C=S) groups is 1. The van der Waals surface area contributed by atoms with Gasteiger partial charge >= 0.3 is 0 Å². The van der Waals surface area contributed by atoms with Gasteiger partial charge < -0.3 is 10.6 Å². The average molecular weight is 252 g/mol. The Bertz CT molecular complexity index is 396. The Hall–Kier alpha value is -1.37. The van der Waals surface area contributed by atoms with Gasteiger partial charge in [0.2, 0.25) is 0 Å². The molecule has 0 fully saturated rings. The zero-order chi connectivity index (χ0) is 12.3. The molecular weight excluding hydrogens is 244 g/mol. The van der Waals surface area contributed by atoms with Crippen LogP contribution in [0.15, 0.2) is 6.07 Å². The van der Waals surface area contributed by atoms with Crippen molar-refractivity contribution in [3.63, 3.8) is 0 Å². The van der Waals surface area contributed by atoms with Crippen LogP contribution in [-0.2, 0) is 0 Å². The molecule has 0 atom stereocenters. The van der Waals surface area contributed by atoms with Gasteiger partial charge in [0.25, 0.3) is 0 Å². The number of benzene rings is 1. The van der Waals surface area contributed by atoms with Crippen LogP contribution in [0.5, 0.6) is 0 Å². The topological polar surface area (TPSA) is 24.1 Å². The van der Waals surface area contributed by atoms with Crippen LogP contribution < -0.4 is 10.6 Å². The number of anilines is 1. The van der Waals surface area contributed by atoms with Crippen molar-refractivity contribution >= 4 is 23.0 Å². The van der Waals surface area contributed by atoms with Crippen molar-refractivity contribution in [1.82, 2.24) is 5.32 Å². The number of halogens is 4. The molecule has 0 saturated carbocycles. The van der Waals surface area contributed by atoms with Gasteiger partial charge in [-0.15, -0.1) is 0 Å². The van der Waals surface area contributed by atoms with Crippen molar-refractivity contribution in [1.29, 1.82) is 0 Å². The van der Waals surface area contributed by atoms with Crippen LogP contribution in [-0.4, -0.2) is 11.7 Å². The molecule has 7 heteroatoms. The van der Waals surface area contributed by atoms with Crippen molar-refractivity contribution < 1.29 is 17.6 Å². The molecule has 0 unspecified atom stereocenters. The highest BCUT2D eigenvalue weighted by Crippen LogP contribution is 2.23. The third-order valence-corrected chi connectivity index (χ3v) is 1.93. The fourth-order valence-corrected chi connectivity index (χ4v) is 1.25. The maximum atomic E-state index is 13.1. The monoisotopic (exact) mass is 252 g/mol. The molecule has 16 heavy (non-hydrogen) atoms. The van der Waals surface area contributed by atoms with E-state index in [0.29, 0.717) is 6.54 Å². The first-order chi connectivity index (χ1) is 7.47. The van der Waals surface area contributed by atoms with Crippen LogP contribution >= 0.6 is 12.2 Å². The molecule has 1 aromatic carbocycles. The van der Waals surface area contributed by atoms with Crippen molar-refractivity contribution in [3.8, 4) is 0 Å². The van der Waals surface area contributed by atoms with Crippen LogP contribution in [0.4, 0.5) is 23.2 Å². The standard InChI is InChI=1S/C9H8F4N2S/c1-2-14-9(16)15-8-6(12)4(10)3-5(11)7(8)13/h3H,2H2,1H3,(H2,14,15,16). The lowest BCUT2D eigenvalue weighted by atomic mass is 10.2. The number of nitrogens with one attached hydrogen (secondary N) is 2. The van der Waals surface area contributed by atoms with Crippen molar-refractivity contribution in [2.45, 2.75) is 6.92 Å². The smallest absolute Gasteiger partial charge is 0.185 e. The molecule has 2 nitrogen and oxygen atoms in total. The Morgan fingerprint density at radius 3 is 2.12 bits per heavy atom. The Labute approximate surface area is 94.6 Å². The van der Waals surface area contributed by atoms with E-state index >= 15 is 0 Å². The second kappa shape index (κ2) is 5.11. The zero-order valence-electron chi connectivity index (χ0n) is 8.20. The summed E-state index contributed by atoms with van der Waals surface area (Å²) in [6.45, 7) is 2.11. The summed E-state index contributed by atoms with van der Waals surface area (Å²) in [5.74, 6) is -6.00. The number of hydrogen-bond donors (Lipinski definition) is 2. The van der Waals surface area contributed by atoms with Crippen molar-refractivity contribution in [3.05, 3.63) is 29.3 Å². The molecule has 0 amide bonds. The predicted octanol–water partition coefficient (Wildman–Crippen LogP) is 2.55. The fourth-order valence-electron chi connectivity index (χ4n) is 1.00. The number of rotatable bonds is 2. The Kier molecular flexibility index (Phi) is 4.05. The lowest BCUT2D eigenvalue weighted by molar-refractivity contribution is 0.459. The van der Waals surface area contributed by atoms with E-state index in [0.717, 1.165) is 0 Å². The van der Waals surface area contributed by atoms with Crippen LogP contribution in [0.2, 0.25) is 0 Å². The SMILES string of the molecule is CCNC(=S)Nc1c(F)c(F)cc(F)c1F. The minimum Gasteiger partial charge on any atom is -0.363 e. The van der Waals surface area contributed by atoms with Gasteiger partial charge in [-0.25, -0.2) is 17.6 Å². The first kappa shape index (κ1) is 12.7. The first-order valence-corrected chi connectivity index (χ1v) is 4.76. The van der Waals surface area contributed by atoms with E-state index in [-0.39, 0.29) is 11.2 Å².